The predicted octanol–water partition coefficient (Wildman–Crippen LogP) is 9.41. The van der Waals surface area contributed by atoms with E-state index in [1.165, 1.54) is 12.1 Å². The molecule has 0 spiro atoms. The highest BCUT2D eigenvalue weighted by atomic mass is 19.4. The Bertz CT molecular complexity index is 1950. The van der Waals surface area contributed by atoms with Gasteiger partial charge in [0.1, 0.15) is 35.1 Å². The fourth-order valence-corrected chi connectivity index (χ4v) is 7.17. The number of nitrogens with zero attached hydrogens (tertiary/aromatic N) is 1. The number of rotatable bonds is 11. The van der Waals surface area contributed by atoms with Crippen LogP contribution in [0.1, 0.15) is 86.7 Å². The molecule has 1 aliphatic heterocycles. The second kappa shape index (κ2) is 16.0. The van der Waals surface area contributed by atoms with Crippen molar-refractivity contribution in [2.45, 2.75) is 89.4 Å². The lowest BCUT2D eigenvalue weighted by Crippen LogP contribution is -2.51. The van der Waals surface area contributed by atoms with Gasteiger partial charge in [0, 0.05) is 19.4 Å². The molecule has 0 bridgehead atoms. The first-order chi connectivity index (χ1) is 25.6. The maximum atomic E-state index is 14.3. The smallest absolute Gasteiger partial charge is 0.416 e. The second-order valence-electron chi connectivity index (χ2n) is 15.2. The topological polar surface area (TPSA) is 105 Å². The van der Waals surface area contributed by atoms with Gasteiger partial charge in [0.25, 0.3) is 0 Å². The Morgan fingerprint density at radius 2 is 1.33 bits per heavy atom. The van der Waals surface area contributed by atoms with Crippen LogP contribution in [-0.4, -0.2) is 40.4 Å². The van der Waals surface area contributed by atoms with Crippen molar-refractivity contribution in [3.05, 3.63) is 119 Å². The number of benzene rings is 4. The van der Waals surface area contributed by atoms with E-state index in [0.29, 0.717) is 47.8 Å². The third-order valence-corrected chi connectivity index (χ3v) is 10.2. The van der Waals surface area contributed by atoms with Crippen molar-refractivity contribution in [2.24, 2.45) is 5.92 Å². The summed E-state index contributed by atoms with van der Waals surface area (Å²) in [6, 6.07) is 21.7. The molecule has 1 unspecified atom stereocenters. The van der Waals surface area contributed by atoms with Gasteiger partial charge in [0.05, 0.1) is 5.56 Å². The van der Waals surface area contributed by atoms with Gasteiger partial charge in [-0.3, -0.25) is 9.59 Å². The zero-order valence-corrected chi connectivity index (χ0v) is 30.6. The molecule has 8 nitrogen and oxygen atoms in total. The molecule has 54 heavy (non-hydrogen) atoms. The number of nitrogens with one attached hydrogen (secondary N) is 1. The molecule has 11 heteroatoms. The van der Waals surface area contributed by atoms with Gasteiger partial charge in [-0.15, -0.1) is 0 Å². The number of hydrogen-bond acceptors (Lipinski definition) is 5. The van der Waals surface area contributed by atoms with Crippen LogP contribution in [0.5, 0.6) is 23.0 Å². The summed E-state index contributed by atoms with van der Waals surface area (Å²) < 4.78 is 50.7. The number of amides is 2. The summed E-state index contributed by atoms with van der Waals surface area (Å²) in [6.45, 7) is 6.72. The van der Waals surface area contributed by atoms with E-state index < -0.39 is 35.7 Å². The van der Waals surface area contributed by atoms with E-state index >= 15 is 0 Å². The van der Waals surface area contributed by atoms with Crippen molar-refractivity contribution in [3.63, 3.8) is 0 Å². The fourth-order valence-electron chi connectivity index (χ4n) is 7.17. The first kappa shape index (κ1) is 38.4. The molecule has 0 aromatic heterocycles. The van der Waals surface area contributed by atoms with E-state index in [1.54, 1.807) is 35.2 Å². The quantitative estimate of drug-likeness (QED) is 0.159. The number of carboxylic acids is 1. The molecule has 2 N–H and O–H groups in total. The molecule has 4 aromatic rings. The summed E-state index contributed by atoms with van der Waals surface area (Å²) in [6.07, 6.45) is 0.428. The molecule has 2 atom stereocenters. The van der Waals surface area contributed by atoms with E-state index in [-0.39, 0.29) is 29.4 Å². The van der Waals surface area contributed by atoms with Crippen molar-refractivity contribution >= 4 is 17.8 Å². The normalized spacial score (nSPS) is 16.7. The highest BCUT2D eigenvalue weighted by Gasteiger charge is 2.39. The number of hydrogen-bond donors (Lipinski definition) is 2. The maximum Gasteiger partial charge on any atom is 0.416 e. The molecule has 2 aliphatic rings. The van der Waals surface area contributed by atoms with Gasteiger partial charge in [-0.1, -0.05) is 63.9 Å². The Labute approximate surface area is 313 Å². The largest absolute Gasteiger partial charge is 0.480 e. The van der Waals surface area contributed by atoms with E-state index in [2.05, 4.69) is 26.1 Å². The first-order valence-electron chi connectivity index (χ1n) is 18.3. The van der Waals surface area contributed by atoms with Gasteiger partial charge in [0.15, 0.2) is 0 Å². The SMILES string of the molecule is CC(C)(C)c1ccc(Oc2ccc3c(c2)C(C(=O)N[C@@H](Cc2ccc(Oc4ccc(C(F)(F)F)cc4)cc2)C(=O)O)N(C(=O)CC2CCCC2)CC3)cc1. The van der Waals surface area contributed by atoms with Crippen LogP contribution in [0.25, 0.3) is 0 Å². The minimum Gasteiger partial charge on any atom is -0.480 e. The Morgan fingerprint density at radius 3 is 1.89 bits per heavy atom. The van der Waals surface area contributed by atoms with Gasteiger partial charge < -0.3 is 24.8 Å². The molecule has 1 saturated carbocycles. The number of aliphatic carboxylic acids is 1. The highest BCUT2D eigenvalue weighted by Crippen LogP contribution is 2.37. The summed E-state index contributed by atoms with van der Waals surface area (Å²) >= 11 is 0. The molecule has 1 aliphatic carbocycles. The first-order valence-corrected chi connectivity index (χ1v) is 18.3. The van der Waals surface area contributed by atoms with Crippen molar-refractivity contribution in [1.82, 2.24) is 10.2 Å². The third-order valence-electron chi connectivity index (χ3n) is 10.2. The molecule has 6 rings (SSSR count). The van der Waals surface area contributed by atoms with E-state index in [0.717, 1.165) is 48.9 Å². The molecule has 4 aromatic carbocycles. The molecular weight excluding hydrogens is 697 g/mol. The summed E-state index contributed by atoms with van der Waals surface area (Å²) in [7, 11) is 0. The van der Waals surface area contributed by atoms with E-state index in [4.69, 9.17) is 9.47 Å². The van der Waals surface area contributed by atoms with Crippen LogP contribution < -0.4 is 14.8 Å². The van der Waals surface area contributed by atoms with Crippen molar-refractivity contribution in [3.8, 4) is 23.0 Å². The zero-order valence-electron chi connectivity index (χ0n) is 30.6. The van der Waals surface area contributed by atoms with Gasteiger partial charge in [-0.25, -0.2) is 4.79 Å². The average molecular weight is 743 g/mol. The van der Waals surface area contributed by atoms with Crippen molar-refractivity contribution in [1.29, 1.82) is 0 Å². The van der Waals surface area contributed by atoms with Gasteiger partial charge >= 0.3 is 12.1 Å². The van der Waals surface area contributed by atoms with Gasteiger partial charge in [-0.2, -0.15) is 13.2 Å². The third kappa shape index (κ3) is 9.42. The number of alkyl halides is 3. The van der Waals surface area contributed by atoms with Crippen molar-refractivity contribution in [2.75, 3.05) is 6.54 Å². The Hall–Kier alpha value is -5.32. The zero-order chi connectivity index (χ0) is 38.6. The Kier molecular flexibility index (Phi) is 11.4. The maximum absolute atomic E-state index is 14.3. The van der Waals surface area contributed by atoms with E-state index in [1.807, 2.05) is 36.4 Å². The molecule has 284 valence electrons. The number of halogens is 3. The summed E-state index contributed by atoms with van der Waals surface area (Å²) in [5, 5.41) is 12.9. The van der Waals surface area contributed by atoms with Crippen molar-refractivity contribution < 1.29 is 42.1 Å². The summed E-state index contributed by atoms with van der Waals surface area (Å²) in [4.78, 5) is 42.2. The molecule has 2 amide bonds. The monoisotopic (exact) mass is 742 g/mol. The number of carboxylic acid groups (broad SMARTS) is 1. The highest BCUT2D eigenvalue weighted by molar-refractivity contribution is 5.92. The van der Waals surface area contributed by atoms with Gasteiger partial charge in [0.2, 0.25) is 11.8 Å². The minimum absolute atomic E-state index is 0.0244. The lowest BCUT2D eigenvalue weighted by Gasteiger charge is -2.37. The van der Waals surface area contributed by atoms with Crippen LogP contribution in [0, 0.1) is 5.92 Å². The number of carbonyl (C=O) groups excluding carboxylic acids is 2. The lowest BCUT2D eigenvalue weighted by molar-refractivity contribution is -0.145. The number of fused-ring (bicyclic) bond motifs is 1. The van der Waals surface area contributed by atoms with Crippen LogP contribution in [0.2, 0.25) is 0 Å². The van der Waals surface area contributed by atoms with Crippen LogP contribution in [0.15, 0.2) is 91.0 Å². The molecule has 1 heterocycles. The lowest BCUT2D eigenvalue weighted by atomic mass is 9.87. The number of ether oxygens (including phenoxy) is 2. The second-order valence-corrected chi connectivity index (χ2v) is 15.2. The van der Waals surface area contributed by atoms with Crippen LogP contribution in [0.3, 0.4) is 0 Å². The summed E-state index contributed by atoms with van der Waals surface area (Å²) in [5.74, 6) is -0.0602. The van der Waals surface area contributed by atoms with Crippen LogP contribution in [0.4, 0.5) is 13.2 Å². The average Bonchev–Trinajstić information content (AvgIpc) is 3.64. The number of carbonyl (C=O) groups is 3. The Balaban J connectivity index is 1.20. The minimum atomic E-state index is -4.46. The van der Waals surface area contributed by atoms with Gasteiger partial charge in [-0.05, 0) is 114 Å². The standard InChI is InChI=1S/C43H45F3N2O6/c1-42(2,3)30-11-18-34(19-12-30)54-35-17-10-29-22-23-48(38(49)25-27-6-4-5-7-27)39(36(29)26-35)40(50)47-37(41(51)52)24-28-8-15-32(16-9-28)53-33-20-13-31(14-21-33)43(44,45)46/h8-21,26-27,37,39H,4-7,22-25H2,1-3H3,(H,47,50)(H,51,52)/t37-,39?/m0/s1. The fraction of sp³-hybridized carbons (Fsp3) is 0.372. The molecule has 1 fully saturated rings. The molecule has 0 saturated heterocycles. The molecular formula is C43H45F3N2O6. The van der Waals surface area contributed by atoms with Crippen LogP contribution in [-0.2, 0) is 38.8 Å². The van der Waals surface area contributed by atoms with Crippen LogP contribution >= 0.6 is 0 Å². The summed E-state index contributed by atoms with van der Waals surface area (Å²) in [5.41, 5.74) is 2.39. The Morgan fingerprint density at radius 1 is 0.796 bits per heavy atom. The van der Waals surface area contributed by atoms with E-state index in [9.17, 15) is 32.7 Å². The predicted molar refractivity (Wildman–Crippen MR) is 198 cm³/mol. The molecule has 0 radical (unpaired) electrons.